The van der Waals surface area contributed by atoms with Gasteiger partial charge in [0.1, 0.15) is 0 Å². The highest BCUT2D eigenvalue weighted by Crippen LogP contribution is 2.83. The van der Waals surface area contributed by atoms with Gasteiger partial charge in [-0.05, 0) is 66.0 Å². The van der Waals surface area contributed by atoms with Gasteiger partial charge >= 0.3 is 0 Å². The van der Waals surface area contributed by atoms with E-state index in [4.69, 9.17) is 0 Å². The Bertz CT molecular complexity index is 1000. The van der Waals surface area contributed by atoms with Gasteiger partial charge in [-0.1, -0.05) is 66.3 Å². The van der Waals surface area contributed by atoms with E-state index in [1.807, 2.05) is 0 Å². The van der Waals surface area contributed by atoms with Gasteiger partial charge in [-0.2, -0.15) is 0 Å². The summed E-state index contributed by atoms with van der Waals surface area (Å²) >= 11 is 0. The van der Waals surface area contributed by atoms with Crippen LogP contribution >= 0.6 is 0 Å². The van der Waals surface area contributed by atoms with Crippen molar-refractivity contribution in [2.24, 2.45) is 17.3 Å². The molecule has 0 heterocycles. The number of aryl methyl sites for hydroxylation is 1. The normalized spacial score (nSPS) is 37.9. The van der Waals surface area contributed by atoms with Crippen molar-refractivity contribution in [1.82, 2.24) is 0 Å². The molecule has 0 aromatic heterocycles. The van der Waals surface area contributed by atoms with Crippen molar-refractivity contribution >= 4 is 10.8 Å². The van der Waals surface area contributed by atoms with Gasteiger partial charge in [0.25, 0.3) is 0 Å². The molecule has 4 atom stereocenters. The Hall–Kier alpha value is -2.08. The molecule has 0 radical (unpaired) electrons. The molecule has 2 aromatic carbocycles. The number of hydrogen-bond donors (Lipinski definition) is 0. The third-order valence-corrected chi connectivity index (χ3v) is 7.44. The van der Waals surface area contributed by atoms with E-state index in [1.54, 1.807) is 16.7 Å². The molecule has 2 saturated carbocycles. The molecule has 0 nitrogen and oxygen atoms in total. The smallest absolute Gasteiger partial charge is 0.0279 e. The van der Waals surface area contributed by atoms with E-state index in [1.165, 1.54) is 29.2 Å². The third kappa shape index (κ3) is 1.27. The lowest BCUT2D eigenvalue weighted by Crippen LogP contribution is -2.28. The molecule has 2 fully saturated rings. The first kappa shape index (κ1) is 13.2. The van der Waals surface area contributed by atoms with Gasteiger partial charge in [0.2, 0.25) is 0 Å². The van der Waals surface area contributed by atoms with Crippen LogP contribution in [0.2, 0.25) is 0 Å². The Morgan fingerprint density at radius 3 is 2.79 bits per heavy atom. The molecule has 0 bridgehead atoms. The summed E-state index contributed by atoms with van der Waals surface area (Å²) in [6, 6.07) is 13.6. The molecular formula is C24H22. The van der Waals surface area contributed by atoms with Crippen LogP contribution in [0.5, 0.6) is 0 Å². The average Bonchev–Trinajstić information content (AvgIpc) is 3.48. The third-order valence-electron chi connectivity index (χ3n) is 7.44. The molecule has 0 aliphatic heterocycles. The topological polar surface area (TPSA) is 0 Å². The number of fused-ring (bicyclic) bond motifs is 2. The second-order valence-electron chi connectivity index (χ2n) is 8.37. The van der Waals surface area contributed by atoms with E-state index < -0.39 is 0 Å². The van der Waals surface area contributed by atoms with Crippen molar-refractivity contribution in [1.29, 1.82) is 0 Å². The van der Waals surface area contributed by atoms with Gasteiger partial charge in [0, 0.05) is 10.8 Å². The average molecular weight is 310 g/mol. The van der Waals surface area contributed by atoms with Crippen LogP contribution in [-0.4, -0.2) is 0 Å². The fourth-order valence-corrected chi connectivity index (χ4v) is 6.26. The summed E-state index contributed by atoms with van der Waals surface area (Å²) in [6.45, 7) is 4.69. The van der Waals surface area contributed by atoms with E-state index >= 15 is 0 Å². The van der Waals surface area contributed by atoms with Crippen molar-refractivity contribution in [3.8, 4) is 0 Å². The van der Waals surface area contributed by atoms with Gasteiger partial charge in [0.05, 0.1) is 0 Å². The first-order valence-corrected chi connectivity index (χ1v) is 9.25. The summed E-state index contributed by atoms with van der Waals surface area (Å²) in [7, 11) is 0. The Kier molecular flexibility index (Phi) is 2.17. The monoisotopic (exact) mass is 310 g/mol. The molecule has 4 unspecified atom stereocenters. The van der Waals surface area contributed by atoms with Crippen molar-refractivity contribution in [3.05, 3.63) is 83.0 Å². The summed E-state index contributed by atoms with van der Waals surface area (Å²) in [6.07, 6.45) is 12.4. The molecule has 6 rings (SSSR count). The number of rotatable bonds is 1. The van der Waals surface area contributed by atoms with E-state index in [9.17, 15) is 0 Å². The van der Waals surface area contributed by atoms with E-state index in [2.05, 4.69) is 74.5 Å². The van der Waals surface area contributed by atoms with Gasteiger partial charge < -0.3 is 0 Å². The standard InChI is InChI=1S/C24H22/c1-15-7-9-17-5-3-4-6-20(17)22(15)23-14-24(23)19(11-8-16(23)2)12-10-18-13-21(18)24/h3-12,18,21H,13-14H2,1-2H3. The zero-order valence-corrected chi connectivity index (χ0v) is 14.3. The van der Waals surface area contributed by atoms with E-state index in [0.29, 0.717) is 5.41 Å². The highest BCUT2D eigenvalue weighted by molar-refractivity contribution is 5.90. The van der Waals surface area contributed by atoms with Crippen LogP contribution in [0.1, 0.15) is 30.9 Å². The fraction of sp³-hybridized carbons (Fsp3) is 0.333. The number of allylic oxidation sites excluding steroid dienone is 6. The lowest BCUT2D eigenvalue weighted by atomic mass is 9.68. The minimum absolute atomic E-state index is 0.242. The quantitative estimate of drug-likeness (QED) is 0.618. The Balaban J connectivity index is 1.69. The van der Waals surface area contributed by atoms with Crippen molar-refractivity contribution < 1.29 is 0 Å². The molecule has 0 saturated heterocycles. The summed E-state index contributed by atoms with van der Waals surface area (Å²) < 4.78 is 0. The molecule has 4 aliphatic carbocycles. The Morgan fingerprint density at radius 1 is 1.00 bits per heavy atom. The fourth-order valence-electron chi connectivity index (χ4n) is 6.26. The maximum atomic E-state index is 2.47. The van der Waals surface area contributed by atoms with Crippen LogP contribution in [0.3, 0.4) is 0 Å². The predicted molar refractivity (Wildman–Crippen MR) is 100.0 cm³/mol. The summed E-state index contributed by atoms with van der Waals surface area (Å²) in [5.74, 6) is 1.71. The first-order chi connectivity index (χ1) is 11.7. The predicted octanol–water partition coefficient (Wildman–Crippen LogP) is 5.87. The lowest BCUT2D eigenvalue weighted by molar-refractivity contribution is 0.436. The molecule has 4 aliphatic rings. The van der Waals surface area contributed by atoms with Gasteiger partial charge in [-0.25, -0.2) is 0 Å². The lowest BCUT2D eigenvalue weighted by Gasteiger charge is -2.35. The van der Waals surface area contributed by atoms with Gasteiger partial charge in [-0.15, -0.1) is 0 Å². The molecular weight excluding hydrogens is 288 g/mol. The Morgan fingerprint density at radius 2 is 1.88 bits per heavy atom. The minimum atomic E-state index is 0.242. The summed E-state index contributed by atoms with van der Waals surface area (Å²) in [5.41, 5.74) is 6.88. The SMILES string of the molecule is CC1=CC=C2C=CC3CC3C23CC13c1c(C)ccc2ccccc12. The molecule has 24 heavy (non-hydrogen) atoms. The summed E-state index contributed by atoms with van der Waals surface area (Å²) in [4.78, 5) is 0. The molecule has 1 spiro atoms. The maximum absolute atomic E-state index is 2.47. The second-order valence-corrected chi connectivity index (χ2v) is 8.37. The highest BCUT2D eigenvalue weighted by atomic mass is 14.8. The van der Waals surface area contributed by atoms with Gasteiger partial charge in [-0.3, -0.25) is 0 Å². The minimum Gasteiger partial charge on any atom is -0.0808 e. The molecule has 0 N–H and O–H groups in total. The van der Waals surface area contributed by atoms with Crippen LogP contribution in [-0.2, 0) is 5.41 Å². The molecule has 2 aromatic rings. The van der Waals surface area contributed by atoms with Crippen LogP contribution in [0.15, 0.2) is 71.8 Å². The zero-order chi connectivity index (χ0) is 16.1. The number of hydrogen-bond acceptors (Lipinski definition) is 0. The second kappa shape index (κ2) is 3.94. The van der Waals surface area contributed by atoms with Crippen molar-refractivity contribution in [2.45, 2.75) is 32.1 Å². The molecule has 0 heteroatoms. The van der Waals surface area contributed by atoms with Crippen LogP contribution in [0, 0.1) is 24.2 Å². The number of benzene rings is 2. The van der Waals surface area contributed by atoms with Crippen LogP contribution < -0.4 is 0 Å². The van der Waals surface area contributed by atoms with Gasteiger partial charge in [0.15, 0.2) is 0 Å². The van der Waals surface area contributed by atoms with Crippen LogP contribution in [0.25, 0.3) is 10.8 Å². The first-order valence-electron chi connectivity index (χ1n) is 9.25. The largest absolute Gasteiger partial charge is 0.0808 e. The molecule has 118 valence electrons. The van der Waals surface area contributed by atoms with Crippen molar-refractivity contribution in [3.63, 3.8) is 0 Å². The summed E-state index contributed by atoms with van der Waals surface area (Å²) in [5, 5.41) is 2.85. The van der Waals surface area contributed by atoms with Crippen molar-refractivity contribution in [2.75, 3.05) is 0 Å². The van der Waals surface area contributed by atoms with Crippen LogP contribution in [0.4, 0.5) is 0 Å². The van der Waals surface area contributed by atoms with E-state index in [-0.39, 0.29) is 5.41 Å². The highest BCUT2D eigenvalue weighted by Gasteiger charge is 2.78. The maximum Gasteiger partial charge on any atom is 0.0279 e. The zero-order valence-electron chi connectivity index (χ0n) is 14.3. The van der Waals surface area contributed by atoms with E-state index in [0.717, 1.165) is 11.8 Å². The Labute approximate surface area is 143 Å². The molecule has 0 amide bonds.